The molecule has 7 heavy (non-hydrogen) atoms. The zero-order valence-electron chi connectivity index (χ0n) is 3.88. The fourth-order valence-electron chi connectivity index (χ4n) is 0.117. The summed E-state index contributed by atoms with van der Waals surface area (Å²) in [5, 5.41) is 2.92. The van der Waals surface area contributed by atoms with E-state index in [0.29, 0.717) is 0 Å². The summed E-state index contributed by atoms with van der Waals surface area (Å²) in [5.74, 6) is 0. The van der Waals surface area contributed by atoms with Crippen molar-refractivity contribution < 1.29 is 8.42 Å². The zero-order chi connectivity index (χ0) is 5.91. The molecule has 0 aromatic rings. The standard InChI is InChI=1S/C2H6N2O2S/c1-3-4-7(2,5)6/h4H,1H2,2H3. The van der Waals surface area contributed by atoms with Gasteiger partial charge in [0.2, 0.25) is 10.0 Å². The average Bonchev–Trinajstić information content (AvgIpc) is 1.30. The molecule has 4 nitrogen and oxygen atoms in total. The quantitative estimate of drug-likeness (QED) is 0.383. The molecule has 0 aliphatic carbocycles. The van der Waals surface area contributed by atoms with Crippen molar-refractivity contribution in [1.82, 2.24) is 4.83 Å². The van der Waals surface area contributed by atoms with Gasteiger partial charge in [0.05, 0.1) is 6.26 Å². The first-order valence-corrected chi connectivity index (χ1v) is 3.38. The molecule has 0 radical (unpaired) electrons. The van der Waals surface area contributed by atoms with Crippen LogP contribution in [0.15, 0.2) is 5.10 Å². The fourth-order valence-corrected chi connectivity index (χ4v) is 0.352. The molecule has 0 fully saturated rings. The van der Waals surface area contributed by atoms with E-state index < -0.39 is 10.0 Å². The number of hydrogen-bond acceptors (Lipinski definition) is 3. The van der Waals surface area contributed by atoms with Gasteiger partial charge in [0, 0.05) is 6.72 Å². The molecule has 0 bridgehead atoms. The lowest BCUT2D eigenvalue weighted by Crippen LogP contribution is -2.14. The van der Waals surface area contributed by atoms with Crippen LogP contribution in [0.5, 0.6) is 0 Å². The fraction of sp³-hybridized carbons (Fsp3) is 0.500. The topological polar surface area (TPSA) is 58.5 Å². The van der Waals surface area contributed by atoms with Crippen LogP contribution < -0.4 is 4.83 Å². The molecular weight excluding hydrogens is 116 g/mol. The van der Waals surface area contributed by atoms with Crippen molar-refractivity contribution in [2.75, 3.05) is 6.26 Å². The molecule has 0 saturated heterocycles. The lowest BCUT2D eigenvalue weighted by atomic mass is 11.7. The van der Waals surface area contributed by atoms with E-state index in [0.717, 1.165) is 6.26 Å². The molecule has 0 aliphatic rings. The number of hydrazone groups is 1. The molecule has 0 rings (SSSR count). The Bertz CT molecular complexity index is 147. The SMILES string of the molecule is C=NNS(C)(=O)=O. The summed E-state index contributed by atoms with van der Waals surface area (Å²) < 4.78 is 20.0. The van der Waals surface area contributed by atoms with Crippen molar-refractivity contribution in [1.29, 1.82) is 0 Å². The van der Waals surface area contributed by atoms with Gasteiger partial charge in [-0.25, -0.2) is 13.2 Å². The minimum absolute atomic E-state index is 1.00. The van der Waals surface area contributed by atoms with Crippen LogP contribution in [0.3, 0.4) is 0 Å². The van der Waals surface area contributed by atoms with E-state index in [9.17, 15) is 8.42 Å². The van der Waals surface area contributed by atoms with Crippen LogP contribution in [0.25, 0.3) is 0 Å². The maximum absolute atomic E-state index is 9.99. The Balaban J connectivity index is 3.84. The third-order valence-electron chi connectivity index (χ3n) is 0.230. The Morgan fingerprint density at radius 2 is 2.14 bits per heavy atom. The van der Waals surface area contributed by atoms with Crippen molar-refractivity contribution in [3.8, 4) is 0 Å². The monoisotopic (exact) mass is 122 g/mol. The van der Waals surface area contributed by atoms with E-state index in [1.54, 1.807) is 4.83 Å². The number of hydrogen-bond donors (Lipinski definition) is 1. The van der Waals surface area contributed by atoms with Crippen LogP contribution in [0.4, 0.5) is 0 Å². The smallest absolute Gasteiger partial charge is 0.206 e. The van der Waals surface area contributed by atoms with Crippen molar-refractivity contribution in [3.05, 3.63) is 0 Å². The second kappa shape index (κ2) is 1.92. The molecule has 1 N–H and O–H groups in total. The highest BCUT2D eigenvalue weighted by atomic mass is 32.2. The summed E-state index contributed by atoms with van der Waals surface area (Å²) in [6.07, 6.45) is 1.00. The molecule has 0 aliphatic heterocycles. The van der Waals surface area contributed by atoms with Gasteiger partial charge in [-0.3, -0.25) is 0 Å². The molecule has 0 aromatic heterocycles. The van der Waals surface area contributed by atoms with Gasteiger partial charge >= 0.3 is 0 Å². The first kappa shape index (κ1) is 6.42. The minimum atomic E-state index is -3.15. The highest BCUT2D eigenvalue weighted by Crippen LogP contribution is 1.67. The van der Waals surface area contributed by atoms with Gasteiger partial charge in [-0.05, 0) is 0 Å². The highest BCUT2D eigenvalue weighted by Gasteiger charge is 1.90. The van der Waals surface area contributed by atoms with Gasteiger partial charge < -0.3 is 0 Å². The third-order valence-corrected chi connectivity index (χ3v) is 0.691. The molecule has 42 valence electrons. The first-order valence-electron chi connectivity index (χ1n) is 1.49. The van der Waals surface area contributed by atoms with Gasteiger partial charge in [-0.2, -0.15) is 5.10 Å². The molecule has 5 heteroatoms. The minimum Gasteiger partial charge on any atom is -0.206 e. The van der Waals surface area contributed by atoms with Crippen LogP contribution in [0.1, 0.15) is 0 Å². The van der Waals surface area contributed by atoms with E-state index in [-0.39, 0.29) is 0 Å². The van der Waals surface area contributed by atoms with Crippen molar-refractivity contribution in [3.63, 3.8) is 0 Å². The average molecular weight is 122 g/mol. The maximum Gasteiger partial charge on any atom is 0.244 e. The number of sulfonamides is 1. The first-order chi connectivity index (χ1) is 3.06. The predicted octanol–water partition coefficient (Wildman–Crippen LogP) is -0.849. The van der Waals surface area contributed by atoms with Gasteiger partial charge in [0.1, 0.15) is 0 Å². The Labute approximate surface area is 42.3 Å². The summed E-state index contributed by atoms with van der Waals surface area (Å²) in [4.78, 5) is 1.77. The molecular formula is C2H6N2O2S. The summed E-state index contributed by atoms with van der Waals surface area (Å²) in [5.41, 5.74) is 0. The summed E-state index contributed by atoms with van der Waals surface area (Å²) in [6.45, 7) is 2.91. The number of nitrogens with zero attached hydrogens (tertiary/aromatic N) is 1. The second-order valence-electron chi connectivity index (χ2n) is 1.02. The number of nitrogens with one attached hydrogen (secondary N) is 1. The molecule has 0 atom stereocenters. The van der Waals surface area contributed by atoms with E-state index in [1.807, 2.05) is 0 Å². The van der Waals surface area contributed by atoms with Gasteiger partial charge in [-0.1, -0.05) is 0 Å². The lowest BCUT2D eigenvalue weighted by molar-refractivity contribution is 0.591. The molecule has 0 aromatic carbocycles. The molecule has 0 heterocycles. The zero-order valence-corrected chi connectivity index (χ0v) is 4.70. The van der Waals surface area contributed by atoms with E-state index in [1.165, 1.54) is 0 Å². The Morgan fingerprint density at radius 1 is 1.71 bits per heavy atom. The van der Waals surface area contributed by atoms with E-state index in [4.69, 9.17) is 0 Å². The summed E-state index contributed by atoms with van der Waals surface area (Å²) in [6, 6.07) is 0. The van der Waals surface area contributed by atoms with Crippen molar-refractivity contribution in [2.24, 2.45) is 5.10 Å². The van der Waals surface area contributed by atoms with Crippen LogP contribution in [0, 0.1) is 0 Å². The lowest BCUT2D eigenvalue weighted by Gasteiger charge is -1.88. The largest absolute Gasteiger partial charge is 0.244 e. The summed E-state index contributed by atoms with van der Waals surface area (Å²) >= 11 is 0. The van der Waals surface area contributed by atoms with Crippen LogP contribution in [0.2, 0.25) is 0 Å². The third kappa shape index (κ3) is 5.42. The molecule has 0 spiro atoms. The number of rotatable bonds is 2. The van der Waals surface area contributed by atoms with Gasteiger partial charge in [0.15, 0.2) is 0 Å². The highest BCUT2D eigenvalue weighted by molar-refractivity contribution is 7.88. The van der Waals surface area contributed by atoms with E-state index >= 15 is 0 Å². The second-order valence-corrected chi connectivity index (χ2v) is 2.75. The Kier molecular flexibility index (Phi) is 1.76. The van der Waals surface area contributed by atoms with Crippen LogP contribution >= 0.6 is 0 Å². The van der Waals surface area contributed by atoms with Gasteiger partial charge in [0.25, 0.3) is 0 Å². The Morgan fingerprint density at radius 3 is 2.14 bits per heavy atom. The predicted molar refractivity (Wildman–Crippen MR) is 27.5 cm³/mol. The molecule has 0 saturated carbocycles. The normalized spacial score (nSPS) is 10.4. The molecule has 0 unspecified atom stereocenters. The van der Waals surface area contributed by atoms with Gasteiger partial charge in [-0.15, -0.1) is 0 Å². The summed E-state index contributed by atoms with van der Waals surface area (Å²) in [7, 11) is -3.15. The van der Waals surface area contributed by atoms with E-state index in [2.05, 4.69) is 11.8 Å². The Hall–Kier alpha value is -0.580. The maximum atomic E-state index is 9.99. The van der Waals surface area contributed by atoms with Crippen molar-refractivity contribution in [2.45, 2.75) is 0 Å². The van der Waals surface area contributed by atoms with Crippen LogP contribution in [-0.2, 0) is 10.0 Å². The molecule has 0 amide bonds. The van der Waals surface area contributed by atoms with Crippen molar-refractivity contribution >= 4 is 16.7 Å². The van der Waals surface area contributed by atoms with Crippen LogP contribution in [-0.4, -0.2) is 21.4 Å².